The minimum Gasteiger partial charge on any atom is -0.444 e. The first-order valence-corrected chi connectivity index (χ1v) is 14.6. The molecular weight excluding hydrogens is 541 g/mol. The third kappa shape index (κ3) is 5.37. The van der Waals surface area contributed by atoms with Crippen LogP contribution in [0.5, 0.6) is 0 Å². The van der Waals surface area contributed by atoms with Crippen LogP contribution in [0, 0.1) is 11.7 Å². The number of nitrogens with one attached hydrogen (secondary N) is 1. The van der Waals surface area contributed by atoms with Crippen LogP contribution in [0.1, 0.15) is 67.9 Å². The fourth-order valence-corrected chi connectivity index (χ4v) is 6.69. The molecule has 1 N–H and O–H groups in total. The van der Waals surface area contributed by atoms with Gasteiger partial charge in [0.1, 0.15) is 17.3 Å². The van der Waals surface area contributed by atoms with Crippen LogP contribution in [0.25, 0.3) is 11.3 Å². The number of rotatable bonds is 4. The number of aromatic nitrogens is 1. The molecule has 0 saturated carbocycles. The van der Waals surface area contributed by atoms with Crippen molar-refractivity contribution in [2.75, 3.05) is 19.6 Å². The van der Waals surface area contributed by atoms with Gasteiger partial charge in [-0.15, -0.1) is 0 Å². The molecule has 0 aliphatic carbocycles. The predicted octanol–water partition coefficient (Wildman–Crippen LogP) is 3.48. The van der Waals surface area contributed by atoms with Crippen molar-refractivity contribution >= 4 is 23.8 Å². The maximum absolute atomic E-state index is 16.0. The summed E-state index contributed by atoms with van der Waals surface area (Å²) in [6.45, 7) is 8.20. The zero-order valence-corrected chi connectivity index (χ0v) is 24.2. The first-order chi connectivity index (χ1) is 20.0. The molecule has 3 fully saturated rings. The topological polar surface area (TPSA) is 112 Å². The summed E-state index contributed by atoms with van der Waals surface area (Å²) in [6, 6.07) is 6.23. The van der Waals surface area contributed by atoms with Crippen molar-refractivity contribution in [2.45, 2.75) is 77.2 Å². The number of hydrogen-bond donors (Lipinski definition) is 1. The Bertz CT molecular complexity index is 1460. The van der Waals surface area contributed by atoms with Gasteiger partial charge in [-0.05, 0) is 76.3 Å². The molecule has 0 radical (unpaired) electrons. The Morgan fingerprint density at radius 3 is 2.71 bits per heavy atom. The average molecular weight is 578 g/mol. The number of carbonyl (C=O) groups excluding carboxylic acids is 4. The lowest BCUT2D eigenvalue weighted by molar-refractivity contribution is -0.136. The molecule has 2 aromatic rings. The third-order valence-corrected chi connectivity index (χ3v) is 8.69. The quantitative estimate of drug-likeness (QED) is 0.554. The first-order valence-electron chi connectivity index (χ1n) is 14.6. The van der Waals surface area contributed by atoms with E-state index in [1.54, 1.807) is 35.4 Å². The molecule has 0 bridgehead atoms. The Hall–Kier alpha value is -3.86. The van der Waals surface area contributed by atoms with Gasteiger partial charge in [0.15, 0.2) is 5.82 Å². The fraction of sp³-hybridized carbons (Fsp3) is 0.516. The van der Waals surface area contributed by atoms with Crippen molar-refractivity contribution in [3.63, 3.8) is 0 Å². The number of nitrogens with zero attached hydrogens (tertiary/aromatic N) is 4. The SMILES string of the molecule is CC(C)(C)OC(=O)N1CC2CCCN(Cc3ccnc(-c4ccc5c(c4)CN(C4CCC(=O)NC4=O)C5=O)c3F)C2C1. The van der Waals surface area contributed by atoms with Crippen LogP contribution in [0.4, 0.5) is 9.18 Å². The number of benzene rings is 1. The van der Waals surface area contributed by atoms with E-state index in [9.17, 15) is 19.2 Å². The highest BCUT2D eigenvalue weighted by Crippen LogP contribution is 2.35. The number of ether oxygens (including phenoxy) is 1. The maximum atomic E-state index is 16.0. The summed E-state index contributed by atoms with van der Waals surface area (Å²) in [5, 5.41) is 2.31. The number of pyridine rings is 1. The van der Waals surface area contributed by atoms with E-state index < -0.39 is 23.4 Å². The van der Waals surface area contributed by atoms with E-state index in [1.165, 1.54) is 4.90 Å². The normalized spacial score (nSPS) is 24.5. The molecule has 1 aromatic carbocycles. The first kappa shape index (κ1) is 28.3. The molecule has 4 amide bonds. The average Bonchev–Trinajstić information content (AvgIpc) is 3.51. The van der Waals surface area contributed by atoms with Crippen molar-refractivity contribution in [3.8, 4) is 11.3 Å². The van der Waals surface area contributed by atoms with E-state index >= 15 is 4.39 Å². The van der Waals surface area contributed by atoms with E-state index in [1.807, 2.05) is 20.8 Å². The highest BCUT2D eigenvalue weighted by Gasteiger charge is 2.42. The summed E-state index contributed by atoms with van der Waals surface area (Å²) in [6.07, 6.45) is 3.76. The molecule has 11 heteroatoms. The molecule has 42 heavy (non-hydrogen) atoms. The maximum Gasteiger partial charge on any atom is 0.410 e. The summed E-state index contributed by atoms with van der Waals surface area (Å²) in [5.74, 6) is -1.17. The lowest BCUT2D eigenvalue weighted by atomic mass is 9.91. The fourth-order valence-electron chi connectivity index (χ4n) is 6.69. The van der Waals surface area contributed by atoms with E-state index in [0.717, 1.165) is 19.4 Å². The van der Waals surface area contributed by atoms with Crippen LogP contribution in [-0.4, -0.2) is 80.8 Å². The second kappa shape index (κ2) is 10.8. The second-order valence-corrected chi connectivity index (χ2v) is 12.7. The molecule has 10 nitrogen and oxygen atoms in total. The third-order valence-electron chi connectivity index (χ3n) is 8.69. The zero-order valence-electron chi connectivity index (χ0n) is 24.2. The molecule has 1 aromatic heterocycles. The number of fused-ring (bicyclic) bond motifs is 2. The number of likely N-dealkylation sites (tertiary alicyclic amines) is 2. The molecule has 222 valence electrons. The van der Waals surface area contributed by atoms with Gasteiger partial charge >= 0.3 is 6.09 Å². The minimum absolute atomic E-state index is 0.131. The Morgan fingerprint density at radius 2 is 1.95 bits per heavy atom. The van der Waals surface area contributed by atoms with Crippen LogP contribution >= 0.6 is 0 Å². The van der Waals surface area contributed by atoms with Crippen molar-refractivity contribution in [2.24, 2.45) is 5.92 Å². The molecule has 3 atom stereocenters. The minimum atomic E-state index is -0.709. The lowest BCUT2D eigenvalue weighted by Crippen LogP contribution is -2.52. The number of carbonyl (C=O) groups is 4. The standard InChI is InChI=1S/C31H36FN5O5/c1-31(2,3)42-30(41)36-14-19-5-4-12-35(24(19)17-36)15-20-10-11-33-27(26(20)32)18-6-7-22-21(13-18)16-37(29(22)40)23-8-9-25(38)34-28(23)39/h6-7,10-11,13,19,23-24H,4-5,8-9,12,14-17H2,1-3H3,(H,34,38,39). The van der Waals surface area contributed by atoms with Crippen LogP contribution in [-0.2, 0) is 27.4 Å². The van der Waals surface area contributed by atoms with Gasteiger partial charge in [0.2, 0.25) is 11.8 Å². The summed E-state index contributed by atoms with van der Waals surface area (Å²) in [5.41, 5.74) is 1.89. The monoisotopic (exact) mass is 577 g/mol. The Morgan fingerprint density at radius 1 is 1.14 bits per heavy atom. The van der Waals surface area contributed by atoms with E-state index in [0.29, 0.717) is 47.8 Å². The Balaban J connectivity index is 1.18. The smallest absolute Gasteiger partial charge is 0.410 e. The molecular formula is C31H36FN5O5. The van der Waals surface area contributed by atoms with Crippen LogP contribution in [0.3, 0.4) is 0 Å². The Labute approximate surface area is 244 Å². The molecule has 0 spiro atoms. The number of imide groups is 1. The number of hydrogen-bond acceptors (Lipinski definition) is 7. The second-order valence-electron chi connectivity index (χ2n) is 12.7. The van der Waals surface area contributed by atoms with Gasteiger partial charge in [0.25, 0.3) is 5.91 Å². The lowest BCUT2D eigenvalue weighted by Gasteiger charge is -2.36. The highest BCUT2D eigenvalue weighted by atomic mass is 19.1. The van der Waals surface area contributed by atoms with Gasteiger partial charge < -0.3 is 14.5 Å². The molecule has 5 heterocycles. The molecule has 6 rings (SSSR count). The van der Waals surface area contributed by atoms with Crippen molar-refractivity contribution in [1.29, 1.82) is 0 Å². The van der Waals surface area contributed by atoms with Crippen LogP contribution in [0.15, 0.2) is 30.5 Å². The van der Waals surface area contributed by atoms with Crippen molar-refractivity contribution in [1.82, 2.24) is 25.0 Å². The van der Waals surface area contributed by atoms with Gasteiger partial charge in [-0.3, -0.25) is 29.6 Å². The van der Waals surface area contributed by atoms with E-state index in [2.05, 4.69) is 15.2 Å². The van der Waals surface area contributed by atoms with Gasteiger partial charge in [0, 0.05) is 61.5 Å². The van der Waals surface area contributed by atoms with Crippen molar-refractivity contribution in [3.05, 3.63) is 53.0 Å². The molecule has 3 unspecified atom stereocenters. The number of piperidine rings is 2. The summed E-state index contributed by atoms with van der Waals surface area (Å²) < 4.78 is 21.6. The van der Waals surface area contributed by atoms with Crippen LogP contribution < -0.4 is 5.32 Å². The van der Waals surface area contributed by atoms with Crippen LogP contribution in [0.2, 0.25) is 0 Å². The molecule has 3 saturated heterocycles. The van der Waals surface area contributed by atoms with E-state index in [4.69, 9.17) is 4.74 Å². The number of amides is 4. The van der Waals surface area contributed by atoms with Gasteiger partial charge in [-0.25, -0.2) is 9.18 Å². The Kier molecular flexibility index (Phi) is 7.24. The number of halogens is 1. The zero-order chi connectivity index (χ0) is 29.8. The summed E-state index contributed by atoms with van der Waals surface area (Å²) in [7, 11) is 0. The van der Waals surface area contributed by atoms with Gasteiger partial charge in [-0.2, -0.15) is 0 Å². The molecule has 4 aliphatic heterocycles. The largest absolute Gasteiger partial charge is 0.444 e. The molecule has 4 aliphatic rings. The predicted molar refractivity (Wildman–Crippen MR) is 150 cm³/mol. The van der Waals surface area contributed by atoms with E-state index in [-0.39, 0.29) is 49.0 Å². The summed E-state index contributed by atoms with van der Waals surface area (Å²) >= 11 is 0. The highest BCUT2D eigenvalue weighted by molar-refractivity contribution is 6.05. The van der Waals surface area contributed by atoms with Gasteiger partial charge in [0.05, 0.1) is 0 Å². The van der Waals surface area contributed by atoms with Crippen molar-refractivity contribution < 1.29 is 28.3 Å². The van der Waals surface area contributed by atoms with Gasteiger partial charge in [-0.1, -0.05) is 6.07 Å². The summed E-state index contributed by atoms with van der Waals surface area (Å²) in [4.78, 5) is 59.6.